The zero-order valence-corrected chi connectivity index (χ0v) is 6.42. The Morgan fingerprint density at radius 1 is 1.60 bits per heavy atom. The summed E-state index contributed by atoms with van der Waals surface area (Å²) in [5.74, 6) is -0.990. The number of hydrogen-bond acceptors (Lipinski definition) is 3. The number of ether oxygens (including phenoxy) is 1. The van der Waals surface area contributed by atoms with Crippen LogP contribution in [-0.2, 0) is 9.53 Å². The van der Waals surface area contributed by atoms with Gasteiger partial charge in [-0.25, -0.2) is 4.79 Å². The molecule has 0 aliphatic rings. The summed E-state index contributed by atoms with van der Waals surface area (Å²) in [6, 6.07) is 0.112. The monoisotopic (exact) mass is 147 g/mol. The number of hydrogen-bond donors (Lipinski definition) is 2. The fourth-order valence-corrected chi connectivity index (χ4v) is 0.543. The highest BCUT2D eigenvalue weighted by atomic mass is 16.5. The number of methoxy groups -OCH3 is 1. The summed E-state index contributed by atoms with van der Waals surface area (Å²) in [7, 11) is 1.36. The van der Waals surface area contributed by atoms with E-state index in [1.165, 1.54) is 7.11 Å². The number of carbonyl (C=O) groups is 1. The maximum Gasteiger partial charge on any atom is 0.348 e. The smallest absolute Gasteiger partial charge is 0.348 e. The van der Waals surface area contributed by atoms with Crippen molar-refractivity contribution in [3.8, 4) is 0 Å². The van der Waals surface area contributed by atoms with Gasteiger partial charge in [0.25, 0.3) is 0 Å². The highest BCUT2D eigenvalue weighted by molar-refractivity contribution is 5.71. The minimum absolute atomic E-state index is 0.112. The van der Waals surface area contributed by atoms with Crippen LogP contribution in [0.4, 0.5) is 0 Å². The Labute approximate surface area is 60.2 Å². The van der Waals surface area contributed by atoms with Crippen LogP contribution in [0.3, 0.4) is 0 Å². The van der Waals surface area contributed by atoms with Gasteiger partial charge >= 0.3 is 5.97 Å². The summed E-state index contributed by atoms with van der Waals surface area (Å²) >= 11 is 0. The molecule has 1 unspecified atom stereocenters. The minimum Gasteiger partial charge on any atom is -0.478 e. The van der Waals surface area contributed by atoms with Gasteiger partial charge in [-0.2, -0.15) is 0 Å². The minimum atomic E-state index is -0.990. The van der Waals surface area contributed by atoms with Crippen LogP contribution in [0, 0.1) is 0 Å². The molecule has 4 nitrogen and oxygen atoms in total. The Morgan fingerprint density at radius 3 is 2.20 bits per heavy atom. The van der Waals surface area contributed by atoms with Gasteiger partial charge in [-0.1, -0.05) is 0 Å². The van der Waals surface area contributed by atoms with Crippen molar-refractivity contribution < 1.29 is 14.6 Å². The lowest BCUT2D eigenvalue weighted by atomic mass is 10.4. The van der Waals surface area contributed by atoms with Crippen LogP contribution in [-0.4, -0.2) is 30.5 Å². The van der Waals surface area contributed by atoms with Gasteiger partial charge in [0.05, 0.1) is 0 Å². The summed E-state index contributed by atoms with van der Waals surface area (Å²) < 4.78 is 4.61. The van der Waals surface area contributed by atoms with Gasteiger partial charge in [0.15, 0.2) is 0 Å². The average Bonchev–Trinajstić information content (AvgIpc) is 1.81. The predicted molar refractivity (Wildman–Crippen MR) is 36.7 cm³/mol. The molecule has 0 saturated heterocycles. The van der Waals surface area contributed by atoms with E-state index in [1.807, 2.05) is 13.8 Å². The molecule has 0 spiro atoms. The van der Waals surface area contributed by atoms with E-state index in [2.05, 4.69) is 10.1 Å². The van der Waals surface area contributed by atoms with Gasteiger partial charge in [-0.3, -0.25) is 5.32 Å². The van der Waals surface area contributed by atoms with Crippen LogP contribution >= 0.6 is 0 Å². The number of nitrogens with one attached hydrogen (secondary N) is 1. The zero-order valence-electron chi connectivity index (χ0n) is 6.42. The molecule has 4 heteroatoms. The van der Waals surface area contributed by atoms with Crippen molar-refractivity contribution in [1.29, 1.82) is 0 Å². The molecule has 1 atom stereocenters. The predicted octanol–water partition coefficient (Wildman–Crippen LogP) is 0.0415. The van der Waals surface area contributed by atoms with Gasteiger partial charge in [-0.15, -0.1) is 0 Å². The molecule has 0 aromatic heterocycles. The molecule has 0 aliphatic carbocycles. The first-order valence-corrected chi connectivity index (χ1v) is 3.09. The molecule has 2 N–H and O–H groups in total. The molecule has 0 rings (SSSR count). The molecule has 0 aromatic rings. The van der Waals surface area contributed by atoms with Crippen LogP contribution in [0.15, 0.2) is 0 Å². The van der Waals surface area contributed by atoms with E-state index in [0.29, 0.717) is 0 Å². The van der Waals surface area contributed by atoms with Crippen LogP contribution in [0.5, 0.6) is 0 Å². The highest BCUT2D eigenvalue weighted by Gasteiger charge is 2.15. The van der Waals surface area contributed by atoms with E-state index in [-0.39, 0.29) is 6.04 Å². The van der Waals surface area contributed by atoms with Crippen LogP contribution < -0.4 is 5.32 Å². The van der Waals surface area contributed by atoms with Crippen molar-refractivity contribution in [3.05, 3.63) is 0 Å². The van der Waals surface area contributed by atoms with Gasteiger partial charge in [-0.05, 0) is 13.8 Å². The summed E-state index contributed by atoms with van der Waals surface area (Å²) in [5, 5.41) is 11.1. The molecule has 0 fully saturated rings. The number of carboxylic acids is 1. The molecule has 0 amide bonds. The Balaban J connectivity index is 3.72. The molecular formula is C6H13NO3. The Bertz CT molecular complexity index is 114. The van der Waals surface area contributed by atoms with Crippen LogP contribution in [0.25, 0.3) is 0 Å². The second kappa shape index (κ2) is 4.24. The fraction of sp³-hybridized carbons (Fsp3) is 0.833. The zero-order chi connectivity index (χ0) is 8.15. The molecule has 0 heterocycles. The summed E-state index contributed by atoms with van der Waals surface area (Å²) in [4.78, 5) is 10.3. The topological polar surface area (TPSA) is 58.6 Å². The third kappa shape index (κ3) is 3.42. The number of aliphatic carboxylic acids is 1. The third-order valence-electron chi connectivity index (χ3n) is 0.945. The maximum atomic E-state index is 10.3. The lowest BCUT2D eigenvalue weighted by molar-refractivity contribution is -0.151. The largest absolute Gasteiger partial charge is 0.478 e. The van der Waals surface area contributed by atoms with Gasteiger partial charge < -0.3 is 9.84 Å². The van der Waals surface area contributed by atoms with Crippen LogP contribution in [0.1, 0.15) is 13.8 Å². The van der Waals surface area contributed by atoms with E-state index >= 15 is 0 Å². The molecule has 0 aliphatic heterocycles. The van der Waals surface area contributed by atoms with E-state index in [0.717, 1.165) is 0 Å². The second-order valence-corrected chi connectivity index (χ2v) is 2.28. The van der Waals surface area contributed by atoms with Gasteiger partial charge in [0.1, 0.15) is 0 Å². The van der Waals surface area contributed by atoms with Crippen molar-refractivity contribution >= 4 is 5.97 Å². The summed E-state index contributed by atoms with van der Waals surface area (Å²) in [6.07, 6.45) is -0.889. The van der Waals surface area contributed by atoms with Crippen molar-refractivity contribution in [2.24, 2.45) is 0 Å². The molecule has 0 bridgehead atoms. The molecule has 0 radical (unpaired) electrons. The first kappa shape index (κ1) is 9.39. The van der Waals surface area contributed by atoms with Gasteiger partial charge in [0, 0.05) is 13.2 Å². The third-order valence-corrected chi connectivity index (χ3v) is 0.945. The lowest BCUT2D eigenvalue weighted by Gasteiger charge is -2.14. The van der Waals surface area contributed by atoms with Crippen molar-refractivity contribution in [2.75, 3.05) is 7.11 Å². The summed E-state index contributed by atoms with van der Waals surface area (Å²) in [5.41, 5.74) is 0. The first-order chi connectivity index (χ1) is 4.57. The molecule has 10 heavy (non-hydrogen) atoms. The first-order valence-electron chi connectivity index (χ1n) is 3.09. The lowest BCUT2D eigenvalue weighted by Crippen LogP contribution is -2.42. The van der Waals surface area contributed by atoms with E-state index < -0.39 is 12.2 Å². The molecular weight excluding hydrogens is 134 g/mol. The normalized spacial score (nSPS) is 13.6. The van der Waals surface area contributed by atoms with E-state index in [1.54, 1.807) is 0 Å². The molecule has 0 aromatic carbocycles. The van der Waals surface area contributed by atoms with Crippen molar-refractivity contribution in [2.45, 2.75) is 26.1 Å². The van der Waals surface area contributed by atoms with Crippen LogP contribution in [0.2, 0.25) is 0 Å². The Kier molecular flexibility index (Phi) is 3.99. The molecule has 60 valence electrons. The number of rotatable bonds is 4. The average molecular weight is 147 g/mol. The SMILES string of the molecule is COC(NC(C)C)C(=O)O. The standard InChI is InChI=1S/C6H13NO3/c1-4(2)7-5(10-3)6(8)9/h4-5,7H,1-3H3,(H,8,9). The highest BCUT2D eigenvalue weighted by Crippen LogP contribution is 1.87. The Hall–Kier alpha value is -0.610. The Morgan fingerprint density at radius 2 is 2.10 bits per heavy atom. The maximum absolute atomic E-state index is 10.3. The van der Waals surface area contributed by atoms with Crippen molar-refractivity contribution in [3.63, 3.8) is 0 Å². The van der Waals surface area contributed by atoms with E-state index in [4.69, 9.17) is 5.11 Å². The quantitative estimate of drug-likeness (QED) is 0.551. The van der Waals surface area contributed by atoms with Gasteiger partial charge in [0.2, 0.25) is 6.23 Å². The van der Waals surface area contributed by atoms with Crippen molar-refractivity contribution in [1.82, 2.24) is 5.32 Å². The summed E-state index contributed by atoms with van der Waals surface area (Å²) in [6.45, 7) is 3.71. The fourth-order valence-electron chi connectivity index (χ4n) is 0.543. The second-order valence-electron chi connectivity index (χ2n) is 2.28. The number of carboxylic acid groups (broad SMARTS) is 1. The molecule has 0 saturated carbocycles. The van der Waals surface area contributed by atoms with E-state index in [9.17, 15) is 4.79 Å².